The molecule has 1 aromatic carbocycles. The molecular weight excluding hydrogens is 538 g/mol. The fraction of sp³-hybridized carbons (Fsp3) is 0.606. The van der Waals surface area contributed by atoms with E-state index in [0.29, 0.717) is 23.1 Å². The Balaban J connectivity index is 1.71. The first-order valence-electron chi connectivity index (χ1n) is 14.6. The van der Waals surface area contributed by atoms with Crippen LogP contribution >= 0.6 is 0 Å². The van der Waals surface area contributed by atoms with Crippen LogP contribution in [-0.4, -0.2) is 82.1 Å². The Labute approximate surface area is 248 Å². The highest BCUT2D eigenvalue weighted by molar-refractivity contribution is 5.98. The molecule has 42 heavy (non-hydrogen) atoms. The van der Waals surface area contributed by atoms with E-state index in [1.54, 1.807) is 27.7 Å². The van der Waals surface area contributed by atoms with Gasteiger partial charge in [0.2, 0.25) is 0 Å². The van der Waals surface area contributed by atoms with Gasteiger partial charge in [0.25, 0.3) is 0 Å². The number of aliphatic hydroxyl groups is 3. The van der Waals surface area contributed by atoms with E-state index in [2.05, 4.69) is 6.58 Å². The van der Waals surface area contributed by atoms with E-state index >= 15 is 0 Å². The molecule has 230 valence electrons. The minimum Gasteiger partial charge on any atom is -0.458 e. The van der Waals surface area contributed by atoms with E-state index in [4.69, 9.17) is 9.47 Å². The Bertz CT molecular complexity index is 1290. The minimum absolute atomic E-state index is 0.0847. The molecule has 2 fully saturated rings. The molecule has 0 aromatic heterocycles. The van der Waals surface area contributed by atoms with Crippen molar-refractivity contribution < 1.29 is 39.2 Å². The van der Waals surface area contributed by atoms with Crippen LogP contribution in [0.5, 0.6) is 0 Å². The van der Waals surface area contributed by atoms with Crippen LogP contribution in [0.4, 0.5) is 0 Å². The summed E-state index contributed by atoms with van der Waals surface area (Å²) in [5.74, 6) is -2.47. The standard InChI is InChI=1S/C33H45NO8/c1-18-23(36)17-33(40)29(38)27-19(2)24(42-25(37)16-22(34(7)8)21-12-10-9-11-13-21)14-15-32(27,6)30(39)28(41-20(3)35)26(18)31(33,4)5/h9-13,22,24,27-30,38-40H,2,14-17H2,1,3-8H3/t22-,24+,27+,28-,29+,30+,32-,33-/m1/s1. The maximum absolute atomic E-state index is 13.3. The second-order valence-corrected chi connectivity index (χ2v) is 13.3. The Morgan fingerprint density at radius 3 is 2.29 bits per heavy atom. The lowest BCUT2D eigenvalue weighted by atomic mass is 9.48. The predicted molar refractivity (Wildman–Crippen MR) is 156 cm³/mol. The molecule has 8 atom stereocenters. The number of aliphatic hydroxyl groups excluding tert-OH is 2. The number of ether oxygens (including phenoxy) is 2. The monoisotopic (exact) mass is 583 g/mol. The highest BCUT2D eigenvalue weighted by Gasteiger charge is 2.67. The van der Waals surface area contributed by atoms with Crippen LogP contribution < -0.4 is 0 Å². The second kappa shape index (κ2) is 11.3. The van der Waals surface area contributed by atoms with Crippen molar-refractivity contribution in [3.63, 3.8) is 0 Å². The molecule has 3 aliphatic carbocycles. The van der Waals surface area contributed by atoms with Gasteiger partial charge >= 0.3 is 11.9 Å². The highest BCUT2D eigenvalue weighted by atomic mass is 16.6. The van der Waals surface area contributed by atoms with E-state index in [-0.39, 0.29) is 25.3 Å². The van der Waals surface area contributed by atoms with Crippen LogP contribution in [0, 0.1) is 16.7 Å². The molecule has 0 spiro atoms. The molecule has 0 aliphatic heterocycles. The summed E-state index contributed by atoms with van der Waals surface area (Å²) >= 11 is 0. The molecule has 4 rings (SSSR count). The average Bonchev–Trinajstić information content (AvgIpc) is 2.91. The summed E-state index contributed by atoms with van der Waals surface area (Å²) in [5.41, 5.74) is -2.44. The third kappa shape index (κ3) is 5.14. The number of hydrogen-bond acceptors (Lipinski definition) is 9. The fourth-order valence-corrected chi connectivity index (χ4v) is 7.65. The summed E-state index contributed by atoms with van der Waals surface area (Å²) in [7, 11) is 3.78. The van der Waals surface area contributed by atoms with Crippen molar-refractivity contribution in [2.75, 3.05) is 14.1 Å². The number of carbonyl (C=O) groups excluding carboxylic acids is 3. The van der Waals surface area contributed by atoms with Crippen LogP contribution in [0.15, 0.2) is 53.6 Å². The Morgan fingerprint density at radius 2 is 1.71 bits per heavy atom. The van der Waals surface area contributed by atoms with Crippen molar-refractivity contribution in [2.45, 2.75) is 96.4 Å². The van der Waals surface area contributed by atoms with Gasteiger partial charge in [0.1, 0.15) is 17.8 Å². The van der Waals surface area contributed by atoms with Crippen LogP contribution in [-0.2, 0) is 23.9 Å². The molecule has 0 amide bonds. The maximum Gasteiger partial charge on any atom is 0.308 e. The summed E-state index contributed by atoms with van der Waals surface area (Å²) < 4.78 is 11.7. The van der Waals surface area contributed by atoms with E-state index < -0.39 is 64.5 Å². The van der Waals surface area contributed by atoms with Crippen LogP contribution in [0.1, 0.15) is 71.9 Å². The van der Waals surface area contributed by atoms with Gasteiger partial charge in [-0.05, 0) is 56.1 Å². The molecule has 2 saturated carbocycles. The molecule has 9 heteroatoms. The first-order chi connectivity index (χ1) is 19.5. The minimum atomic E-state index is -1.97. The molecular formula is C33H45NO8. The largest absolute Gasteiger partial charge is 0.458 e. The molecule has 0 heterocycles. The van der Waals surface area contributed by atoms with Crippen LogP contribution in [0.3, 0.4) is 0 Å². The number of benzene rings is 1. The second-order valence-electron chi connectivity index (χ2n) is 13.3. The van der Waals surface area contributed by atoms with Gasteiger partial charge in [-0.2, -0.15) is 0 Å². The van der Waals surface area contributed by atoms with Gasteiger partial charge in [-0.15, -0.1) is 0 Å². The third-order valence-corrected chi connectivity index (χ3v) is 10.3. The summed E-state index contributed by atoms with van der Waals surface area (Å²) in [6.45, 7) is 12.2. The molecule has 2 bridgehead atoms. The quantitative estimate of drug-likeness (QED) is 0.341. The Morgan fingerprint density at radius 1 is 1.10 bits per heavy atom. The number of nitrogens with zero attached hydrogens (tertiary/aromatic N) is 1. The van der Waals surface area contributed by atoms with Gasteiger partial charge in [-0.3, -0.25) is 14.4 Å². The van der Waals surface area contributed by atoms with Crippen molar-refractivity contribution in [3.8, 4) is 0 Å². The molecule has 0 radical (unpaired) electrons. The number of rotatable bonds is 6. The lowest BCUT2D eigenvalue weighted by Gasteiger charge is -2.61. The number of Topliss-reactive ketones (excluding diaryl/α,β-unsaturated/α-hetero) is 1. The smallest absolute Gasteiger partial charge is 0.308 e. The van der Waals surface area contributed by atoms with Crippen molar-refractivity contribution >= 4 is 17.7 Å². The van der Waals surface area contributed by atoms with Gasteiger partial charge in [0, 0.05) is 36.1 Å². The van der Waals surface area contributed by atoms with Crippen molar-refractivity contribution in [2.24, 2.45) is 16.7 Å². The Kier molecular flexibility index (Phi) is 8.66. The maximum atomic E-state index is 13.3. The molecule has 0 unspecified atom stereocenters. The number of esters is 2. The van der Waals surface area contributed by atoms with Gasteiger partial charge < -0.3 is 29.7 Å². The first kappa shape index (κ1) is 32.1. The van der Waals surface area contributed by atoms with Gasteiger partial charge in [-0.1, -0.05) is 57.7 Å². The predicted octanol–water partition coefficient (Wildman–Crippen LogP) is 3.28. The third-order valence-electron chi connectivity index (χ3n) is 10.3. The Hall–Kier alpha value is -2.85. The van der Waals surface area contributed by atoms with Gasteiger partial charge in [-0.25, -0.2) is 0 Å². The molecule has 3 N–H and O–H groups in total. The van der Waals surface area contributed by atoms with Crippen LogP contribution in [0.2, 0.25) is 0 Å². The zero-order valence-electron chi connectivity index (χ0n) is 25.7. The van der Waals surface area contributed by atoms with E-state index in [1.165, 1.54) is 6.92 Å². The van der Waals surface area contributed by atoms with Gasteiger partial charge in [0.15, 0.2) is 11.9 Å². The van der Waals surface area contributed by atoms with Crippen molar-refractivity contribution in [1.82, 2.24) is 4.90 Å². The molecule has 1 aromatic rings. The topological polar surface area (TPSA) is 134 Å². The van der Waals surface area contributed by atoms with E-state index in [0.717, 1.165) is 5.56 Å². The highest BCUT2D eigenvalue weighted by Crippen LogP contribution is 2.60. The van der Waals surface area contributed by atoms with Crippen molar-refractivity contribution in [3.05, 3.63) is 59.2 Å². The molecule has 0 saturated heterocycles. The zero-order valence-corrected chi connectivity index (χ0v) is 25.7. The normalized spacial score (nSPS) is 35.2. The first-order valence-corrected chi connectivity index (χ1v) is 14.6. The summed E-state index contributed by atoms with van der Waals surface area (Å²) in [4.78, 5) is 40.7. The SMILES string of the molecule is C=C1[C@@H](OC(=O)C[C@H](c2ccccc2)N(C)C)CC[C@@]2(C)[C@@H](O)[C@H](OC(C)=O)C3=C(C)C(=O)C[C@@](O)([C@@H](O)[C@H]12)C3(C)C. The summed E-state index contributed by atoms with van der Waals surface area (Å²) in [6.07, 6.45) is -4.58. The summed E-state index contributed by atoms with van der Waals surface area (Å²) in [5, 5.41) is 36.2. The van der Waals surface area contributed by atoms with E-state index in [1.807, 2.05) is 49.3 Å². The number of hydrogen-bond donors (Lipinski definition) is 3. The lowest BCUT2D eigenvalue weighted by Crippen LogP contribution is -2.69. The fourth-order valence-electron chi connectivity index (χ4n) is 7.65. The number of fused-ring (bicyclic) bond motifs is 3. The lowest BCUT2D eigenvalue weighted by molar-refractivity contribution is -0.221. The number of carbonyl (C=O) groups is 3. The average molecular weight is 584 g/mol. The van der Waals surface area contributed by atoms with Crippen LogP contribution in [0.25, 0.3) is 0 Å². The number of allylic oxidation sites excluding steroid dienone is 1. The van der Waals surface area contributed by atoms with Crippen molar-refractivity contribution in [1.29, 1.82) is 0 Å². The van der Waals surface area contributed by atoms with E-state index in [9.17, 15) is 29.7 Å². The summed E-state index contributed by atoms with van der Waals surface area (Å²) in [6, 6.07) is 9.42. The van der Waals surface area contributed by atoms with Gasteiger partial charge in [0.05, 0.1) is 12.5 Å². The number of ketones is 1. The zero-order chi connectivity index (χ0) is 31.4. The molecule has 9 nitrogen and oxygen atoms in total. The molecule has 3 aliphatic rings.